The number of nitrogens with one attached hydrogen (secondary N) is 1. The van der Waals surface area contributed by atoms with E-state index in [-0.39, 0.29) is 17.7 Å². The Bertz CT molecular complexity index is 789. The fourth-order valence-corrected chi connectivity index (χ4v) is 4.49. The van der Waals surface area contributed by atoms with E-state index in [1.54, 1.807) is 6.20 Å². The maximum absolute atomic E-state index is 12.6. The standard InChI is InChI=1S/C18H23N3O2S/c1-13(15-6-4-3-5-7-15)12-24(22,23)21-17(16-8-9-16)18-19-11-10-14(2)20-18/h3-7,10-11,13,16-17,21H,8-9,12H2,1-2H3/t13-,17-/m1/s1. The van der Waals surface area contributed by atoms with Crippen LogP contribution in [0, 0.1) is 12.8 Å². The Morgan fingerprint density at radius 2 is 1.92 bits per heavy atom. The van der Waals surface area contributed by atoms with Crippen LogP contribution in [0.5, 0.6) is 0 Å². The predicted molar refractivity (Wildman–Crippen MR) is 94.0 cm³/mol. The van der Waals surface area contributed by atoms with Gasteiger partial charge in [0.2, 0.25) is 10.0 Å². The average molecular weight is 345 g/mol. The Kier molecular flexibility index (Phi) is 4.96. The van der Waals surface area contributed by atoms with Crippen LogP contribution in [0.15, 0.2) is 42.6 Å². The predicted octanol–water partition coefficient (Wildman–Crippen LogP) is 2.96. The molecule has 1 aliphatic rings. The molecule has 5 nitrogen and oxygen atoms in total. The first-order valence-corrected chi connectivity index (χ1v) is 9.94. The normalized spacial score (nSPS) is 17.4. The van der Waals surface area contributed by atoms with Crippen molar-refractivity contribution in [2.75, 3.05) is 5.75 Å². The molecule has 6 heteroatoms. The lowest BCUT2D eigenvalue weighted by Crippen LogP contribution is -2.34. The lowest BCUT2D eigenvalue weighted by Gasteiger charge is -2.19. The second-order valence-electron chi connectivity index (χ2n) is 6.58. The Balaban J connectivity index is 1.74. The zero-order valence-electron chi connectivity index (χ0n) is 14.0. The van der Waals surface area contributed by atoms with Gasteiger partial charge < -0.3 is 0 Å². The van der Waals surface area contributed by atoms with Crippen LogP contribution in [0.4, 0.5) is 0 Å². The molecule has 1 aromatic heterocycles. The van der Waals surface area contributed by atoms with Crippen molar-refractivity contribution < 1.29 is 8.42 Å². The summed E-state index contributed by atoms with van der Waals surface area (Å²) in [7, 11) is -3.42. The minimum atomic E-state index is -3.42. The third kappa shape index (κ3) is 4.39. The molecule has 1 aliphatic carbocycles. The molecule has 1 aromatic carbocycles. The average Bonchev–Trinajstić information content (AvgIpc) is 3.38. The summed E-state index contributed by atoms with van der Waals surface area (Å²) in [5, 5.41) is 0. The van der Waals surface area contributed by atoms with Gasteiger partial charge in [0.05, 0.1) is 11.8 Å². The number of hydrogen-bond acceptors (Lipinski definition) is 4. The summed E-state index contributed by atoms with van der Waals surface area (Å²) in [6.07, 6.45) is 3.71. The van der Waals surface area contributed by atoms with Crippen molar-refractivity contribution in [3.05, 3.63) is 59.7 Å². The highest BCUT2D eigenvalue weighted by Crippen LogP contribution is 2.40. The van der Waals surface area contributed by atoms with E-state index in [4.69, 9.17) is 0 Å². The van der Waals surface area contributed by atoms with Gasteiger partial charge in [-0.1, -0.05) is 37.3 Å². The second kappa shape index (κ2) is 6.99. The molecule has 1 heterocycles. The number of hydrogen-bond donors (Lipinski definition) is 1. The number of aromatic nitrogens is 2. The van der Waals surface area contributed by atoms with Crippen LogP contribution in [0.2, 0.25) is 0 Å². The molecule has 0 radical (unpaired) electrons. The molecule has 0 aliphatic heterocycles. The van der Waals surface area contributed by atoms with E-state index in [2.05, 4.69) is 14.7 Å². The molecule has 0 saturated heterocycles. The number of benzene rings is 1. The van der Waals surface area contributed by atoms with Gasteiger partial charge in [0, 0.05) is 11.9 Å². The highest BCUT2D eigenvalue weighted by Gasteiger charge is 2.37. The van der Waals surface area contributed by atoms with Gasteiger partial charge in [-0.05, 0) is 43.2 Å². The van der Waals surface area contributed by atoms with E-state index in [0.29, 0.717) is 11.7 Å². The molecular weight excluding hydrogens is 322 g/mol. The number of aryl methyl sites for hydroxylation is 1. The summed E-state index contributed by atoms with van der Waals surface area (Å²) < 4.78 is 28.1. The maximum Gasteiger partial charge on any atom is 0.212 e. The van der Waals surface area contributed by atoms with Gasteiger partial charge in [-0.15, -0.1) is 0 Å². The first-order valence-electron chi connectivity index (χ1n) is 8.29. The van der Waals surface area contributed by atoms with Crippen LogP contribution < -0.4 is 4.72 Å². The molecular formula is C18H23N3O2S. The number of rotatable bonds is 7. The topological polar surface area (TPSA) is 72.0 Å². The Labute approximate surface area is 143 Å². The lowest BCUT2D eigenvalue weighted by molar-refractivity contribution is 0.507. The molecule has 2 aromatic rings. The highest BCUT2D eigenvalue weighted by molar-refractivity contribution is 7.89. The van der Waals surface area contributed by atoms with E-state index in [0.717, 1.165) is 24.1 Å². The number of nitrogens with zero attached hydrogens (tertiary/aromatic N) is 2. The summed E-state index contributed by atoms with van der Waals surface area (Å²) in [4.78, 5) is 8.70. The zero-order chi connectivity index (χ0) is 17.2. The van der Waals surface area contributed by atoms with E-state index in [9.17, 15) is 8.42 Å². The van der Waals surface area contributed by atoms with E-state index in [1.165, 1.54) is 0 Å². The van der Waals surface area contributed by atoms with Crippen molar-refractivity contribution in [1.82, 2.24) is 14.7 Å². The summed E-state index contributed by atoms with van der Waals surface area (Å²) in [6, 6.07) is 11.2. The van der Waals surface area contributed by atoms with Gasteiger partial charge in [0.25, 0.3) is 0 Å². The highest BCUT2D eigenvalue weighted by atomic mass is 32.2. The lowest BCUT2D eigenvalue weighted by atomic mass is 10.0. The summed E-state index contributed by atoms with van der Waals surface area (Å²) >= 11 is 0. The van der Waals surface area contributed by atoms with E-state index in [1.807, 2.05) is 50.2 Å². The fourth-order valence-electron chi connectivity index (χ4n) is 2.86. The monoisotopic (exact) mass is 345 g/mol. The Morgan fingerprint density at radius 3 is 2.54 bits per heavy atom. The molecule has 3 rings (SSSR count). The second-order valence-corrected chi connectivity index (χ2v) is 8.38. The molecule has 128 valence electrons. The smallest absolute Gasteiger partial charge is 0.212 e. The fraction of sp³-hybridized carbons (Fsp3) is 0.444. The summed E-state index contributed by atoms with van der Waals surface area (Å²) in [5.41, 5.74) is 1.88. The Morgan fingerprint density at radius 1 is 1.21 bits per heavy atom. The van der Waals surface area contributed by atoms with Crippen molar-refractivity contribution in [1.29, 1.82) is 0 Å². The van der Waals surface area contributed by atoms with Crippen LogP contribution in [0.3, 0.4) is 0 Å². The third-order valence-electron chi connectivity index (χ3n) is 4.33. The van der Waals surface area contributed by atoms with Crippen molar-refractivity contribution in [3.8, 4) is 0 Å². The van der Waals surface area contributed by atoms with Crippen LogP contribution >= 0.6 is 0 Å². The SMILES string of the molecule is Cc1ccnc([C@H](NS(=O)(=O)C[C@@H](C)c2ccccc2)C2CC2)n1. The van der Waals surface area contributed by atoms with Gasteiger partial charge in [-0.3, -0.25) is 0 Å². The van der Waals surface area contributed by atoms with Crippen molar-refractivity contribution >= 4 is 10.0 Å². The molecule has 0 amide bonds. The molecule has 2 atom stereocenters. The van der Waals surface area contributed by atoms with Crippen LogP contribution in [0.25, 0.3) is 0 Å². The van der Waals surface area contributed by atoms with Crippen molar-refractivity contribution in [2.24, 2.45) is 5.92 Å². The van der Waals surface area contributed by atoms with Crippen LogP contribution in [-0.2, 0) is 10.0 Å². The van der Waals surface area contributed by atoms with Gasteiger partial charge >= 0.3 is 0 Å². The summed E-state index contributed by atoms with van der Waals surface area (Å²) in [6.45, 7) is 3.82. The van der Waals surface area contributed by atoms with Crippen molar-refractivity contribution in [2.45, 2.75) is 38.6 Å². The molecule has 1 saturated carbocycles. The molecule has 24 heavy (non-hydrogen) atoms. The minimum absolute atomic E-state index is 0.0616. The van der Waals surface area contributed by atoms with E-state index >= 15 is 0 Å². The molecule has 1 N–H and O–H groups in total. The van der Waals surface area contributed by atoms with Gasteiger partial charge in [-0.25, -0.2) is 23.1 Å². The first-order chi connectivity index (χ1) is 11.4. The van der Waals surface area contributed by atoms with Crippen LogP contribution in [0.1, 0.15) is 48.8 Å². The molecule has 1 fully saturated rings. The molecule has 0 spiro atoms. The van der Waals surface area contributed by atoms with Gasteiger partial charge in [0.15, 0.2) is 0 Å². The third-order valence-corrected chi connectivity index (χ3v) is 5.88. The first kappa shape index (κ1) is 17.0. The molecule has 0 bridgehead atoms. The zero-order valence-corrected chi connectivity index (χ0v) is 14.8. The van der Waals surface area contributed by atoms with Gasteiger partial charge in [0.1, 0.15) is 5.82 Å². The minimum Gasteiger partial charge on any atom is -0.240 e. The largest absolute Gasteiger partial charge is 0.240 e. The summed E-state index contributed by atoms with van der Waals surface area (Å²) in [5.74, 6) is 0.871. The quantitative estimate of drug-likeness (QED) is 0.837. The van der Waals surface area contributed by atoms with E-state index < -0.39 is 10.0 Å². The van der Waals surface area contributed by atoms with Crippen LogP contribution in [-0.4, -0.2) is 24.1 Å². The number of sulfonamides is 1. The maximum atomic E-state index is 12.6. The Hall–Kier alpha value is -1.79. The van der Waals surface area contributed by atoms with Gasteiger partial charge in [-0.2, -0.15) is 0 Å². The van der Waals surface area contributed by atoms with Crippen molar-refractivity contribution in [3.63, 3.8) is 0 Å². The molecule has 0 unspecified atom stereocenters.